The molecule has 2 aromatic heterocycles. The van der Waals surface area contributed by atoms with E-state index in [1.807, 2.05) is 0 Å². The lowest BCUT2D eigenvalue weighted by Crippen LogP contribution is -2.24. The molecule has 0 atom stereocenters. The highest BCUT2D eigenvalue weighted by Crippen LogP contribution is 2.16. The highest BCUT2D eigenvalue weighted by molar-refractivity contribution is 9.10. The highest BCUT2D eigenvalue weighted by Gasteiger charge is 2.08. The summed E-state index contributed by atoms with van der Waals surface area (Å²) in [6, 6.07) is 0. The van der Waals surface area contributed by atoms with Crippen molar-refractivity contribution in [2.24, 2.45) is 0 Å². The Morgan fingerprint density at radius 3 is 3.00 bits per heavy atom. The quantitative estimate of drug-likeness (QED) is 0.814. The molecule has 2 heterocycles. The van der Waals surface area contributed by atoms with Crippen LogP contribution >= 0.6 is 27.3 Å². The maximum absolute atomic E-state index is 11.9. The molecule has 0 spiro atoms. The lowest BCUT2D eigenvalue weighted by atomic mass is 10.4. The third-order valence-electron chi connectivity index (χ3n) is 2.27. The van der Waals surface area contributed by atoms with Crippen LogP contribution in [0.15, 0.2) is 25.6 Å². The predicted octanol–water partition coefficient (Wildman–Crippen LogP) is 1.00. The van der Waals surface area contributed by atoms with Gasteiger partial charge in [0.05, 0.1) is 18.4 Å². The fourth-order valence-electron chi connectivity index (χ4n) is 1.38. The first-order valence-electron chi connectivity index (χ1n) is 5.21. The van der Waals surface area contributed by atoms with Crippen LogP contribution in [0.25, 0.3) is 0 Å². The summed E-state index contributed by atoms with van der Waals surface area (Å²) in [6.07, 6.45) is 6.65. The first-order valence-corrected chi connectivity index (χ1v) is 6.88. The molecule has 8 heteroatoms. The van der Waals surface area contributed by atoms with E-state index in [9.17, 15) is 9.59 Å². The number of anilines is 1. The van der Waals surface area contributed by atoms with Crippen LogP contribution in [0.1, 0.15) is 5.69 Å². The molecule has 0 aromatic carbocycles. The molecule has 0 fully saturated rings. The largest absolute Gasteiger partial charge is 0.377 e. The van der Waals surface area contributed by atoms with E-state index in [2.05, 4.69) is 37.2 Å². The van der Waals surface area contributed by atoms with E-state index >= 15 is 0 Å². The van der Waals surface area contributed by atoms with Gasteiger partial charge in [-0.15, -0.1) is 6.42 Å². The Balaban J connectivity index is 2.18. The zero-order valence-corrected chi connectivity index (χ0v) is 12.0. The molecule has 0 aliphatic carbocycles. The molecule has 6 nitrogen and oxygen atoms in total. The molecule has 0 radical (unpaired) electrons. The van der Waals surface area contributed by atoms with Crippen molar-refractivity contribution in [3.05, 3.63) is 41.8 Å². The van der Waals surface area contributed by atoms with Crippen molar-refractivity contribution in [1.29, 1.82) is 0 Å². The maximum atomic E-state index is 11.9. The average Bonchev–Trinajstić information content (AvgIpc) is 2.80. The lowest BCUT2D eigenvalue weighted by Gasteiger charge is -2.08. The molecule has 0 unspecified atom stereocenters. The Morgan fingerprint density at radius 1 is 1.58 bits per heavy atom. The van der Waals surface area contributed by atoms with Crippen LogP contribution < -0.4 is 15.7 Å². The fraction of sp³-hybridized carbons (Fsp3) is 0.182. The second-order valence-corrected chi connectivity index (χ2v) is 5.20. The van der Waals surface area contributed by atoms with Gasteiger partial charge in [0.2, 0.25) is 0 Å². The van der Waals surface area contributed by atoms with Crippen LogP contribution in [-0.2, 0) is 13.1 Å². The molecular weight excluding hydrogens is 332 g/mol. The molecule has 0 saturated carbocycles. The fourth-order valence-corrected chi connectivity index (χ4v) is 2.41. The molecule has 0 aliphatic heterocycles. The molecular formula is C11H9BrN4O2S. The van der Waals surface area contributed by atoms with E-state index in [0.717, 1.165) is 17.0 Å². The second kappa shape index (κ2) is 5.86. The van der Waals surface area contributed by atoms with Crippen LogP contribution in [0, 0.1) is 12.3 Å². The smallest absolute Gasteiger partial charge is 0.304 e. The Labute approximate surface area is 120 Å². The normalized spacial score (nSPS) is 10.1. The van der Waals surface area contributed by atoms with Crippen LogP contribution in [0.4, 0.5) is 5.69 Å². The summed E-state index contributed by atoms with van der Waals surface area (Å²) in [7, 11) is 0. The molecule has 0 aliphatic rings. The Morgan fingerprint density at radius 2 is 2.37 bits per heavy atom. The van der Waals surface area contributed by atoms with Crippen LogP contribution in [0.5, 0.6) is 0 Å². The molecule has 19 heavy (non-hydrogen) atoms. The van der Waals surface area contributed by atoms with Crippen molar-refractivity contribution < 1.29 is 0 Å². The Hall–Kier alpha value is -1.85. The predicted molar refractivity (Wildman–Crippen MR) is 77.3 cm³/mol. The molecule has 0 amide bonds. The summed E-state index contributed by atoms with van der Waals surface area (Å²) < 4.78 is 1.54. The maximum Gasteiger partial charge on any atom is 0.304 e. The van der Waals surface area contributed by atoms with Gasteiger partial charge in [-0.05, 0) is 15.9 Å². The van der Waals surface area contributed by atoms with Gasteiger partial charge in [-0.2, -0.15) is 5.10 Å². The van der Waals surface area contributed by atoms with Gasteiger partial charge < -0.3 is 10.3 Å². The van der Waals surface area contributed by atoms with Crippen LogP contribution in [-0.4, -0.2) is 14.8 Å². The number of halogens is 1. The topological polar surface area (TPSA) is 79.8 Å². The van der Waals surface area contributed by atoms with Gasteiger partial charge in [-0.25, -0.2) is 4.68 Å². The van der Waals surface area contributed by atoms with E-state index in [0.29, 0.717) is 16.7 Å². The van der Waals surface area contributed by atoms with Crippen molar-refractivity contribution >= 4 is 33.0 Å². The van der Waals surface area contributed by atoms with Crippen molar-refractivity contribution in [2.75, 3.05) is 5.32 Å². The number of rotatable bonds is 4. The number of aromatic nitrogens is 3. The number of aromatic amines is 1. The molecule has 2 N–H and O–H groups in total. The number of nitrogens with zero attached hydrogens (tertiary/aromatic N) is 2. The monoisotopic (exact) mass is 340 g/mol. The van der Waals surface area contributed by atoms with Gasteiger partial charge in [0.15, 0.2) is 0 Å². The van der Waals surface area contributed by atoms with Crippen molar-refractivity contribution in [1.82, 2.24) is 14.8 Å². The first-order chi connectivity index (χ1) is 9.11. The zero-order chi connectivity index (χ0) is 13.8. The third kappa shape index (κ3) is 3.13. The van der Waals surface area contributed by atoms with Crippen molar-refractivity contribution in [2.45, 2.75) is 13.1 Å². The minimum atomic E-state index is -0.304. The van der Waals surface area contributed by atoms with E-state index < -0.39 is 0 Å². The van der Waals surface area contributed by atoms with E-state index in [4.69, 9.17) is 6.42 Å². The standard InChI is InChI=1S/C11H9BrN4O2S/c1-2-3-16-10(17)9(12)8(5-14-16)13-4-7-6-19-11(18)15-7/h1,5-6,13H,3-4H2,(H,15,18). The first kappa shape index (κ1) is 13.6. The number of hydrogen-bond donors (Lipinski definition) is 2. The molecule has 0 bridgehead atoms. The second-order valence-electron chi connectivity index (χ2n) is 3.57. The highest BCUT2D eigenvalue weighted by atomic mass is 79.9. The molecule has 98 valence electrons. The third-order valence-corrected chi connectivity index (χ3v) is 3.75. The average molecular weight is 341 g/mol. The summed E-state index contributed by atoms with van der Waals surface area (Å²) in [5.41, 5.74) is 0.988. The summed E-state index contributed by atoms with van der Waals surface area (Å²) in [5, 5.41) is 8.68. The minimum absolute atomic E-state index is 0.113. The summed E-state index contributed by atoms with van der Waals surface area (Å²) in [4.78, 5) is 25.4. The Bertz CT molecular complexity index is 740. The van der Waals surface area contributed by atoms with Gasteiger partial charge in [0.25, 0.3) is 5.56 Å². The number of thiazole rings is 1. The van der Waals surface area contributed by atoms with Gasteiger partial charge >= 0.3 is 4.87 Å². The summed E-state index contributed by atoms with van der Waals surface area (Å²) in [5.74, 6) is 2.35. The number of terminal acetylenes is 1. The summed E-state index contributed by atoms with van der Waals surface area (Å²) in [6.45, 7) is 0.521. The SMILES string of the molecule is C#CCn1ncc(NCc2csc(=O)[nH]2)c(Br)c1=O. The van der Waals surface area contributed by atoms with E-state index in [1.165, 1.54) is 10.9 Å². The molecule has 2 aromatic rings. The molecule has 0 saturated heterocycles. The van der Waals surface area contributed by atoms with Crippen LogP contribution in [0.3, 0.4) is 0 Å². The zero-order valence-electron chi connectivity index (χ0n) is 9.64. The van der Waals surface area contributed by atoms with Gasteiger partial charge in [-0.1, -0.05) is 17.3 Å². The van der Waals surface area contributed by atoms with Crippen molar-refractivity contribution in [3.63, 3.8) is 0 Å². The molecule has 2 rings (SSSR count). The van der Waals surface area contributed by atoms with E-state index in [1.54, 1.807) is 5.38 Å². The van der Waals surface area contributed by atoms with Crippen molar-refractivity contribution in [3.8, 4) is 12.3 Å². The van der Waals surface area contributed by atoms with Crippen LogP contribution in [0.2, 0.25) is 0 Å². The number of hydrogen-bond acceptors (Lipinski definition) is 5. The van der Waals surface area contributed by atoms with E-state index in [-0.39, 0.29) is 17.0 Å². The lowest BCUT2D eigenvalue weighted by molar-refractivity contribution is 0.659. The van der Waals surface area contributed by atoms with Gasteiger partial charge in [0, 0.05) is 11.1 Å². The summed E-state index contributed by atoms with van der Waals surface area (Å²) >= 11 is 4.30. The number of H-pyrrole nitrogens is 1. The Kier molecular flexibility index (Phi) is 4.19. The number of nitrogens with one attached hydrogen (secondary N) is 2. The van der Waals surface area contributed by atoms with Gasteiger partial charge in [-0.3, -0.25) is 9.59 Å². The minimum Gasteiger partial charge on any atom is -0.377 e. The van der Waals surface area contributed by atoms with Gasteiger partial charge in [0.1, 0.15) is 11.0 Å².